The molecular weight excluding hydrogens is 194 g/mol. The molecule has 0 saturated carbocycles. The predicted octanol–water partition coefficient (Wildman–Crippen LogP) is -0.0349. The standard InChI is InChI=1S/C10H17N3O2/c1-7-8(5-6-14)9(11-13(7)4)10(15)12(2)3/h14H,5-6H2,1-4H3. The van der Waals surface area contributed by atoms with Crippen LogP contribution in [-0.4, -0.2) is 46.4 Å². The van der Waals surface area contributed by atoms with E-state index in [4.69, 9.17) is 5.11 Å². The monoisotopic (exact) mass is 211 g/mol. The van der Waals surface area contributed by atoms with E-state index >= 15 is 0 Å². The summed E-state index contributed by atoms with van der Waals surface area (Å²) in [6, 6.07) is 0. The number of hydrogen-bond acceptors (Lipinski definition) is 3. The lowest BCUT2D eigenvalue weighted by Crippen LogP contribution is -2.23. The van der Waals surface area contributed by atoms with Crippen molar-refractivity contribution < 1.29 is 9.90 Å². The molecule has 1 aromatic rings. The molecule has 5 nitrogen and oxygen atoms in total. The van der Waals surface area contributed by atoms with Gasteiger partial charge in [-0.15, -0.1) is 0 Å². The lowest BCUT2D eigenvalue weighted by atomic mass is 10.1. The SMILES string of the molecule is Cc1c(CCO)c(C(=O)N(C)C)nn1C. The lowest BCUT2D eigenvalue weighted by Gasteiger charge is -2.09. The van der Waals surface area contributed by atoms with Crippen LogP contribution in [0.5, 0.6) is 0 Å². The Bertz CT molecular complexity index is 369. The van der Waals surface area contributed by atoms with Gasteiger partial charge in [-0.25, -0.2) is 0 Å². The summed E-state index contributed by atoms with van der Waals surface area (Å²) < 4.78 is 1.67. The Morgan fingerprint density at radius 3 is 2.60 bits per heavy atom. The number of carbonyl (C=O) groups excluding carboxylic acids is 1. The molecule has 84 valence electrons. The Balaban J connectivity index is 3.17. The van der Waals surface area contributed by atoms with Gasteiger partial charge in [0.1, 0.15) is 0 Å². The van der Waals surface area contributed by atoms with Gasteiger partial charge in [-0.3, -0.25) is 9.48 Å². The van der Waals surface area contributed by atoms with Crippen LogP contribution in [0.3, 0.4) is 0 Å². The number of aromatic nitrogens is 2. The first kappa shape index (κ1) is 11.7. The summed E-state index contributed by atoms with van der Waals surface area (Å²) in [6.45, 7) is 1.92. The van der Waals surface area contributed by atoms with Crippen molar-refractivity contribution in [2.24, 2.45) is 7.05 Å². The maximum atomic E-state index is 11.8. The van der Waals surface area contributed by atoms with E-state index in [0.717, 1.165) is 11.3 Å². The summed E-state index contributed by atoms with van der Waals surface area (Å²) in [7, 11) is 5.17. The minimum Gasteiger partial charge on any atom is -0.396 e. The number of aliphatic hydroxyl groups is 1. The number of amides is 1. The first-order valence-electron chi connectivity index (χ1n) is 4.84. The van der Waals surface area contributed by atoms with Crippen LogP contribution in [-0.2, 0) is 13.5 Å². The number of rotatable bonds is 3. The van der Waals surface area contributed by atoms with Crippen molar-refractivity contribution in [3.8, 4) is 0 Å². The molecule has 0 fully saturated rings. The molecule has 0 spiro atoms. The third-order valence-corrected chi connectivity index (χ3v) is 2.43. The maximum absolute atomic E-state index is 11.8. The zero-order valence-electron chi connectivity index (χ0n) is 9.61. The Labute approximate surface area is 89.3 Å². The van der Waals surface area contributed by atoms with E-state index in [-0.39, 0.29) is 12.5 Å². The van der Waals surface area contributed by atoms with Crippen molar-refractivity contribution in [1.29, 1.82) is 0 Å². The van der Waals surface area contributed by atoms with Gasteiger partial charge < -0.3 is 10.0 Å². The zero-order chi connectivity index (χ0) is 11.6. The average molecular weight is 211 g/mol. The van der Waals surface area contributed by atoms with Crippen molar-refractivity contribution in [1.82, 2.24) is 14.7 Å². The Morgan fingerprint density at radius 1 is 1.53 bits per heavy atom. The molecule has 1 heterocycles. The molecule has 0 atom stereocenters. The van der Waals surface area contributed by atoms with Gasteiger partial charge in [0, 0.05) is 39.0 Å². The molecule has 0 aliphatic carbocycles. The van der Waals surface area contributed by atoms with Crippen LogP contribution in [0.2, 0.25) is 0 Å². The molecular formula is C10H17N3O2. The van der Waals surface area contributed by atoms with Crippen molar-refractivity contribution in [3.63, 3.8) is 0 Å². The van der Waals surface area contributed by atoms with Crippen LogP contribution in [0.1, 0.15) is 21.7 Å². The van der Waals surface area contributed by atoms with Gasteiger partial charge in [-0.05, 0) is 13.3 Å². The fraction of sp³-hybridized carbons (Fsp3) is 0.600. The van der Waals surface area contributed by atoms with Crippen LogP contribution in [0.25, 0.3) is 0 Å². The molecule has 1 amide bonds. The van der Waals surface area contributed by atoms with Gasteiger partial charge in [0.25, 0.3) is 5.91 Å². The molecule has 0 saturated heterocycles. The summed E-state index contributed by atoms with van der Waals surface area (Å²) in [6.07, 6.45) is 0.467. The van der Waals surface area contributed by atoms with Crippen molar-refractivity contribution in [3.05, 3.63) is 17.0 Å². The van der Waals surface area contributed by atoms with E-state index in [1.54, 1.807) is 25.8 Å². The second-order valence-electron chi connectivity index (χ2n) is 3.71. The number of hydrogen-bond donors (Lipinski definition) is 1. The summed E-state index contributed by atoms with van der Waals surface area (Å²) in [5.41, 5.74) is 2.20. The summed E-state index contributed by atoms with van der Waals surface area (Å²) in [5.74, 6) is -0.123. The highest BCUT2D eigenvalue weighted by Crippen LogP contribution is 2.14. The normalized spacial score (nSPS) is 10.5. The van der Waals surface area contributed by atoms with Crippen molar-refractivity contribution >= 4 is 5.91 Å². The molecule has 5 heteroatoms. The lowest BCUT2D eigenvalue weighted by molar-refractivity contribution is 0.0820. The molecule has 1 rings (SSSR count). The third kappa shape index (κ3) is 2.18. The quantitative estimate of drug-likeness (QED) is 0.763. The number of aliphatic hydroxyl groups excluding tert-OH is 1. The molecule has 1 N–H and O–H groups in total. The number of carbonyl (C=O) groups is 1. The molecule has 1 aromatic heterocycles. The van der Waals surface area contributed by atoms with E-state index in [2.05, 4.69) is 5.10 Å². The number of nitrogens with zero attached hydrogens (tertiary/aromatic N) is 3. The fourth-order valence-corrected chi connectivity index (χ4v) is 1.45. The van der Waals surface area contributed by atoms with Crippen molar-refractivity contribution in [2.45, 2.75) is 13.3 Å². The second kappa shape index (κ2) is 4.44. The minimum absolute atomic E-state index is 0.0280. The van der Waals surface area contributed by atoms with E-state index in [1.807, 2.05) is 6.92 Å². The van der Waals surface area contributed by atoms with Gasteiger partial charge in [0.15, 0.2) is 5.69 Å². The first-order valence-corrected chi connectivity index (χ1v) is 4.84. The molecule has 0 aliphatic rings. The molecule has 0 unspecified atom stereocenters. The Hall–Kier alpha value is -1.36. The fourth-order valence-electron chi connectivity index (χ4n) is 1.45. The zero-order valence-corrected chi connectivity index (χ0v) is 9.61. The van der Waals surface area contributed by atoms with Crippen LogP contribution in [0, 0.1) is 6.92 Å². The maximum Gasteiger partial charge on any atom is 0.274 e. The van der Waals surface area contributed by atoms with E-state index in [9.17, 15) is 4.79 Å². The topological polar surface area (TPSA) is 58.4 Å². The highest BCUT2D eigenvalue weighted by molar-refractivity contribution is 5.93. The molecule has 0 aliphatic heterocycles. The van der Waals surface area contributed by atoms with E-state index < -0.39 is 0 Å². The van der Waals surface area contributed by atoms with Crippen LogP contribution in [0.4, 0.5) is 0 Å². The molecule has 15 heavy (non-hydrogen) atoms. The summed E-state index contributed by atoms with van der Waals surface area (Å²) in [5, 5.41) is 13.1. The molecule has 0 bridgehead atoms. The largest absolute Gasteiger partial charge is 0.396 e. The molecule has 0 radical (unpaired) electrons. The third-order valence-electron chi connectivity index (χ3n) is 2.43. The van der Waals surface area contributed by atoms with Crippen LogP contribution >= 0.6 is 0 Å². The van der Waals surface area contributed by atoms with Crippen molar-refractivity contribution in [2.75, 3.05) is 20.7 Å². The smallest absolute Gasteiger partial charge is 0.274 e. The average Bonchev–Trinajstić information content (AvgIpc) is 2.45. The van der Waals surface area contributed by atoms with E-state index in [0.29, 0.717) is 12.1 Å². The second-order valence-corrected chi connectivity index (χ2v) is 3.71. The van der Waals surface area contributed by atoms with Gasteiger partial charge in [0.05, 0.1) is 0 Å². The summed E-state index contributed by atoms with van der Waals surface area (Å²) >= 11 is 0. The summed E-state index contributed by atoms with van der Waals surface area (Å²) in [4.78, 5) is 13.3. The highest BCUT2D eigenvalue weighted by atomic mass is 16.3. The van der Waals surface area contributed by atoms with Gasteiger partial charge in [0.2, 0.25) is 0 Å². The Kier molecular flexibility index (Phi) is 3.47. The van der Waals surface area contributed by atoms with Gasteiger partial charge in [-0.1, -0.05) is 0 Å². The van der Waals surface area contributed by atoms with Gasteiger partial charge in [-0.2, -0.15) is 5.10 Å². The van der Waals surface area contributed by atoms with Crippen LogP contribution in [0.15, 0.2) is 0 Å². The van der Waals surface area contributed by atoms with Gasteiger partial charge >= 0.3 is 0 Å². The highest BCUT2D eigenvalue weighted by Gasteiger charge is 2.20. The Morgan fingerprint density at radius 2 is 2.13 bits per heavy atom. The van der Waals surface area contributed by atoms with E-state index in [1.165, 1.54) is 4.90 Å². The number of aryl methyl sites for hydroxylation is 1. The molecule has 0 aromatic carbocycles. The first-order chi connectivity index (χ1) is 6.99. The van der Waals surface area contributed by atoms with Crippen LogP contribution < -0.4 is 0 Å². The minimum atomic E-state index is -0.123. The predicted molar refractivity (Wildman–Crippen MR) is 56.8 cm³/mol.